The molecular formula is C13H11N3O3S. The summed E-state index contributed by atoms with van der Waals surface area (Å²) in [6.07, 6.45) is 3.04. The molecule has 7 heteroatoms. The number of anilines is 1. The van der Waals surface area contributed by atoms with Crippen LogP contribution in [0.3, 0.4) is 0 Å². The average molecular weight is 289 g/mol. The number of carbonyl (C=O) groups is 1. The van der Waals surface area contributed by atoms with Crippen LogP contribution in [-0.2, 0) is 12.8 Å². The Hall–Kier alpha value is -2.28. The number of aromatic nitrogens is 1. The van der Waals surface area contributed by atoms with Crippen LogP contribution in [0.15, 0.2) is 24.3 Å². The maximum absolute atomic E-state index is 12.1. The van der Waals surface area contributed by atoms with Gasteiger partial charge in [0, 0.05) is 10.9 Å². The lowest BCUT2D eigenvalue weighted by molar-refractivity contribution is -0.385. The molecule has 0 fully saturated rings. The SMILES string of the molecule is O=C(Nc1nc2c(s1)CCC2)c1ccccc1[N+](=O)[O-]. The van der Waals surface area contributed by atoms with Crippen LogP contribution >= 0.6 is 11.3 Å². The number of nitrogens with zero attached hydrogens (tertiary/aromatic N) is 2. The summed E-state index contributed by atoms with van der Waals surface area (Å²) in [5, 5.41) is 14.1. The molecule has 1 aliphatic rings. The summed E-state index contributed by atoms with van der Waals surface area (Å²) in [6.45, 7) is 0. The second-order valence-electron chi connectivity index (χ2n) is 4.47. The van der Waals surface area contributed by atoms with Crippen LogP contribution in [0.25, 0.3) is 0 Å². The molecule has 20 heavy (non-hydrogen) atoms. The van der Waals surface area contributed by atoms with E-state index in [0.717, 1.165) is 25.0 Å². The molecule has 0 atom stereocenters. The van der Waals surface area contributed by atoms with Gasteiger partial charge in [0.15, 0.2) is 5.13 Å². The molecule has 1 amide bonds. The van der Waals surface area contributed by atoms with Gasteiger partial charge in [-0.2, -0.15) is 0 Å². The van der Waals surface area contributed by atoms with E-state index < -0.39 is 10.8 Å². The zero-order valence-corrected chi connectivity index (χ0v) is 11.3. The Bertz CT molecular complexity index is 674. The van der Waals surface area contributed by atoms with Crippen LogP contribution in [0, 0.1) is 10.1 Å². The molecule has 0 radical (unpaired) electrons. The lowest BCUT2D eigenvalue weighted by atomic mass is 10.1. The smallest absolute Gasteiger partial charge is 0.282 e. The number of aryl methyl sites for hydroxylation is 2. The number of nitrogens with one attached hydrogen (secondary N) is 1. The van der Waals surface area contributed by atoms with Crippen LogP contribution in [0.2, 0.25) is 0 Å². The molecule has 0 saturated carbocycles. The third-order valence-corrected chi connectivity index (χ3v) is 4.23. The number of nitro groups is 1. The lowest BCUT2D eigenvalue weighted by Gasteiger charge is -2.02. The summed E-state index contributed by atoms with van der Waals surface area (Å²) >= 11 is 1.45. The Kier molecular flexibility index (Phi) is 3.19. The average Bonchev–Trinajstić information content (AvgIpc) is 2.99. The van der Waals surface area contributed by atoms with Crippen LogP contribution in [0.4, 0.5) is 10.8 Å². The molecule has 1 N–H and O–H groups in total. The van der Waals surface area contributed by atoms with E-state index in [-0.39, 0.29) is 11.3 Å². The monoisotopic (exact) mass is 289 g/mol. The van der Waals surface area contributed by atoms with E-state index in [1.807, 2.05) is 0 Å². The van der Waals surface area contributed by atoms with Crippen molar-refractivity contribution in [3.8, 4) is 0 Å². The summed E-state index contributed by atoms with van der Waals surface area (Å²) in [5.74, 6) is -0.496. The highest BCUT2D eigenvalue weighted by Crippen LogP contribution is 2.31. The molecule has 102 valence electrons. The Morgan fingerprint density at radius 1 is 1.35 bits per heavy atom. The molecule has 1 aromatic heterocycles. The van der Waals surface area contributed by atoms with Gasteiger partial charge in [-0.25, -0.2) is 4.98 Å². The lowest BCUT2D eigenvalue weighted by Crippen LogP contribution is -2.13. The normalized spacial score (nSPS) is 13.0. The van der Waals surface area contributed by atoms with Crippen LogP contribution in [0.1, 0.15) is 27.3 Å². The van der Waals surface area contributed by atoms with E-state index in [4.69, 9.17) is 0 Å². The number of rotatable bonds is 3. The van der Waals surface area contributed by atoms with Crippen LogP contribution in [0.5, 0.6) is 0 Å². The molecule has 0 aliphatic heterocycles. The third-order valence-electron chi connectivity index (χ3n) is 3.16. The van der Waals surface area contributed by atoms with Gasteiger partial charge < -0.3 is 0 Å². The number of benzene rings is 1. The Labute approximate surface area is 118 Å². The van der Waals surface area contributed by atoms with Crippen molar-refractivity contribution in [2.45, 2.75) is 19.3 Å². The highest BCUT2D eigenvalue weighted by atomic mass is 32.1. The Morgan fingerprint density at radius 3 is 2.90 bits per heavy atom. The maximum atomic E-state index is 12.1. The van der Waals surface area contributed by atoms with E-state index in [0.29, 0.717) is 5.13 Å². The van der Waals surface area contributed by atoms with Crippen LogP contribution in [-0.4, -0.2) is 15.8 Å². The fourth-order valence-corrected chi connectivity index (χ4v) is 3.28. The van der Waals surface area contributed by atoms with Crippen molar-refractivity contribution < 1.29 is 9.72 Å². The molecule has 0 unspecified atom stereocenters. The predicted molar refractivity (Wildman–Crippen MR) is 75.2 cm³/mol. The van der Waals surface area contributed by atoms with Gasteiger partial charge in [0.2, 0.25) is 0 Å². The Morgan fingerprint density at radius 2 is 2.15 bits per heavy atom. The van der Waals surface area contributed by atoms with Gasteiger partial charge in [0.25, 0.3) is 11.6 Å². The third kappa shape index (κ3) is 2.27. The number of hydrogen-bond acceptors (Lipinski definition) is 5. The summed E-state index contributed by atoms with van der Waals surface area (Å²) in [4.78, 5) is 28.0. The summed E-state index contributed by atoms with van der Waals surface area (Å²) in [6, 6.07) is 5.89. The fourth-order valence-electron chi connectivity index (χ4n) is 2.23. The molecule has 0 saturated heterocycles. The molecule has 1 aliphatic carbocycles. The zero-order valence-electron chi connectivity index (χ0n) is 10.5. The fraction of sp³-hybridized carbons (Fsp3) is 0.231. The number of carbonyl (C=O) groups excluding carboxylic acids is 1. The molecule has 6 nitrogen and oxygen atoms in total. The second-order valence-corrected chi connectivity index (χ2v) is 5.55. The second kappa shape index (κ2) is 5.01. The molecule has 3 rings (SSSR count). The maximum Gasteiger partial charge on any atom is 0.282 e. The van der Waals surface area contributed by atoms with Crippen molar-refractivity contribution >= 4 is 28.1 Å². The summed E-state index contributed by atoms with van der Waals surface area (Å²) in [5.41, 5.74) is 0.884. The van der Waals surface area contributed by atoms with Gasteiger partial charge >= 0.3 is 0 Å². The minimum absolute atomic E-state index is 0.0489. The van der Waals surface area contributed by atoms with Gasteiger partial charge in [-0.15, -0.1) is 11.3 Å². The largest absolute Gasteiger partial charge is 0.298 e. The van der Waals surface area contributed by atoms with Crippen molar-refractivity contribution in [1.82, 2.24) is 4.98 Å². The van der Waals surface area contributed by atoms with E-state index >= 15 is 0 Å². The standard InChI is InChI=1S/C13H11N3O3S/c17-12(8-4-1-2-6-10(8)16(18)19)15-13-14-9-5-3-7-11(9)20-13/h1-2,4,6H,3,5,7H2,(H,14,15,17). The van der Waals surface area contributed by atoms with Crippen molar-refractivity contribution in [3.63, 3.8) is 0 Å². The first-order valence-corrected chi connectivity index (χ1v) is 7.00. The molecule has 2 aromatic rings. The van der Waals surface area contributed by atoms with Gasteiger partial charge in [0.1, 0.15) is 5.56 Å². The molecule has 1 heterocycles. The van der Waals surface area contributed by atoms with Crippen LogP contribution < -0.4 is 5.32 Å². The first-order valence-electron chi connectivity index (χ1n) is 6.18. The highest BCUT2D eigenvalue weighted by Gasteiger charge is 2.22. The number of para-hydroxylation sites is 1. The quantitative estimate of drug-likeness (QED) is 0.695. The van der Waals surface area contributed by atoms with Crippen molar-refractivity contribution in [2.75, 3.05) is 5.32 Å². The van der Waals surface area contributed by atoms with Gasteiger partial charge in [-0.05, 0) is 25.3 Å². The van der Waals surface area contributed by atoms with E-state index in [1.165, 1.54) is 34.4 Å². The number of thiazole rings is 1. The minimum atomic E-state index is -0.559. The Balaban J connectivity index is 1.84. The van der Waals surface area contributed by atoms with Crippen molar-refractivity contribution in [1.29, 1.82) is 0 Å². The first-order chi connectivity index (χ1) is 9.65. The molecule has 0 bridgehead atoms. The van der Waals surface area contributed by atoms with Crippen molar-refractivity contribution in [3.05, 3.63) is 50.5 Å². The van der Waals surface area contributed by atoms with Gasteiger partial charge in [-0.3, -0.25) is 20.2 Å². The number of nitro benzene ring substituents is 1. The minimum Gasteiger partial charge on any atom is -0.298 e. The predicted octanol–water partition coefficient (Wildman–Crippen LogP) is 2.79. The topological polar surface area (TPSA) is 85.1 Å². The number of hydrogen-bond donors (Lipinski definition) is 1. The van der Waals surface area contributed by atoms with Gasteiger partial charge in [0.05, 0.1) is 10.6 Å². The van der Waals surface area contributed by atoms with E-state index in [2.05, 4.69) is 10.3 Å². The summed E-state index contributed by atoms with van der Waals surface area (Å²) in [7, 11) is 0. The molecule has 1 aromatic carbocycles. The highest BCUT2D eigenvalue weighted by molar-refractivity contribution is 7.16. The molecule has 0 spiro atoms. The zero-order chi connectivity index (χ0) is 14.1. The first kappa shape index (κ1) is 12.7. The van der Waals surface area contributed by atoms with Gasteiger partial charge in [-0.1, -0.05) is 12.1 Å². The molecular weight excluding hydrogens is 278 g/mol. The summed E-state index contributed by atoms with van der Waals surface area (Å²) < 4.78 is 0. The van der Waals surface area contributed by atoms with E-state index in [9.17, 15) is 14.9 Å². The number of amides is 1. The van der Waals surface area contributed by atoms with E-state index in [1.54, 1.807) is 6.07 Å². The van der Waals surface area contributed by atoms with Crippen molar-refractivity contribution in [2.24, 2.45) is 0 Å². The number of fused-ring (bicyclic) bond motifs is 1.